The molecule has 2 aromatic heterocycles. The molecule has 0 radical (unpaired) electrons. The third-order valence-electron chi connectivity index (χ3n) is 6.74. The predicted molar refractivity (Wildman–Crippen MR) is 120 cm³/mol. The average Bonchev–Trinajstić information content (AvgIpc) is 3.32. The predicted octanol–water partition coefficient (Wildman–Crippen LogP) is 4.92. The van der Waals surface area contributed by atoms with Gasteiger partial charge in [0.2, 0.25) is 0 Å². The molecule has 0 spiro atoms. The van der Waals surface area contributed by atoms with Crippen molar-refractivity contribution in [2.45, 2.75) is 64.3 Å². The van der Waals surface area contributed by atoms with Crippen molar-refractivity contribution >= 4 is 5.65 Å². The highest BCUT2D eigenvalue weighted by molar-refractivity contribution is 5.68. The van der Waals surface area contributed by atoms with Gasteiger partial charge < -0.3 is 9.64 Å². The van der Waals surface area contributed by atoms with Gasteiger partial charge in [-0.3, -0.25) is 0 Å². The number of aromatic nitrogens is 3. The van der Waals surface area contributed by atoms with Gasteiger partial charge in [-0.15, -0.1) is 0 Å². The molecule has 5 nitrogen and oxygen atoms in total. The van der Waals surface area contributed by atoms with Crippen molar-refractivity contribution in [2.24, 2.45) is 0 Å². The normalized spacial score (nSPS) is 19.7. The first-order valence-electron chi connectivity index (χ1n) is 11.6. The van der Waals surface area contributed by atoms with Crippen LogP contribution in [0, 0.1) is 0 Å². The highest BCUT2D eigenvalue weighted by atomic mass is 16.5. The lowest BCUT2D eigenvalue weighted by atomic mass is 10.0. The van der Waals surface area contributed by atoms with E-state index in [9.17, 15) is 0 Å². The van der Waals surface area contributed by atoms with Crippen LogP contribution in [0.5, 0.6) is 5.75 Å². The molecule has 0 bridgehead atoms. The number of hydrogen-bond acceptors (Lipinski definition) is 4. The van der Waals surface area contributed by atoms with Crippen molar-refractivity contribution < 1.29 is 4.74 Å². The molecule has 30 heavy (non-hydrogen) atoms. The average molecular weight is 405 g/mol. The summed E-state index contributed by atoms with van der Waals surface area (Å²) >= 11 is 0. The number of benzene rings is 1. The minimum atomic E-state index is 0.735. The maximum absolute atomic E-state index is 6.04. The number of nitrogens with zero attached hydrogens (tertiary/aromatic N) is 4. The molecule has 0 N–H and O–H groups in total. The van der Waals surface area contributed by atoms with E-state index in [2.05, 4.69) is 41.2 Å². The number of fused-ring (bicyclic) bond motifs is 2. The van der Waals surface area contributed by atoms with Gasteiger partial charge in [-0.25, -0.2) is 9.50 Å². The Hall–Kier alpha value is -2.40. The van der Waals surface area contributed by atoms with Gasteiger partial charge in [-0.1, -0.05) is 6.42 Å². The molecule has 158 valence electrons. The molecule has 3 heterocycles. The van der Waals surface area contributed by atoms with Crippen LogP contribution in [-0.2, 0) is 12.8 Å². The lowest BCUT2D eigenvalue weighted by Crippen LogP contribution is -2.28. The second kappa shape index (κ2) is 8.76. The van der Waals surface area contributed by atoms with Gasteiger partial charge >= 0.3 is 0 Å². The zero-order chi connectivity index (χ0) is 20.3. The smallest absolute Gasteiger partial charge is 0.155 e. The Labute approximate surface area is 179 Å². The minimum absolute atomic E-state index is 0.735. The van der Waals surface area contributed by atoms with E-state index in [4.69, 9.17) is 9.72 Å². The van der Waals surface area contributed by atoms with Gasteiger partial charge in [0, 0.05) is 35.5 Å². The van der Waals surface area contributed by atoms with E-state index >= 15 is 0 Å². The van der Waals surface area contributed by atoms with E-state index < -0.39 is 0 Å². The molecule has 1 atom stereocenters. The fourth-order valence-electron chi connectivity index (χ4n) is 5.05. The van der Waals surface area contributed by atoms with E-state index in [0.29, 0.717) is 0 Å². The van der Waals surface area contributed by atoms with Crippen LogP contribution in [-0.4, -0.2) is 45.2 Å². The molecule has 1 fully saturated rings. The van der Waals surface area contributed by atoms with E-state index in [1.54, 1.807) is 0 Å². The van der Waals surface area contributed by atoms with Crippen LogP contribution < -0.4 is 4.74 Å². The van der Waals surface area contributed by atoms with E-state index in [1.165, 1.54) is 61.2 Å². The van der Waals surface area contributed by atoms with Crippen molar-refractivity contribution in [3.63, 3.8) is 0 Å². The number of likely N-dealkylation sites (tertiary alicyclic amines) is 1. The van der Waals surface area contributed by atoms with Gasteiger partial charge in [-0.2, -0.15) is 5.10 Å². The number of ether oxygens (including phenoxy) is 1. The maximum Gasteiger partial charge on any atom is 0.155 e. The van der Waals surface area contributed by atoms with E-state index in [0.717, 1.165) is 49.9 Å². The summed E-state index contributed by atoms with van der Waals surface area (Å²) < 4.78 is 8.05. The molecule has 0 saturated carbocycles. The van der Waals surface area contributed by atoms with Crippen LogP contribution >= 0.6 is 0 Å². The Kier molecular flexibility index (Phi) is 5.71. The van der Waals surface area contributed by atoms with Crippen LogP contribution in [0.4, 0.5) is 0 Å². The lowest BCUT2D eigenvalue weighted by Gasteiger charge is -2.20. The van der Waals surface area contributed by atoms with Crippen LogP contribution in [0.15, 0.2) is 36.5 Å². The second-order valence-corrected chi connectivity index (χ2v) is 8.80. The largest absolute Gasteiger partial charge is 0.494 e. The zero-order valence-corrected chi connectivity index (χ0v) is 18.0. The molecular formula is C25H32N4O. The molecular weight excluding hydrogens is 372 g/mol. The Morgan fingerprint density at radius 1 is 1.03 bits per heavy atom. The van der Waals surface area contributed by atoms with Crippen molar-refractivity contribution in [1.82, 2.24) is 19.5 Å². The van der Waals surface area contributed by atoms with Gasteiger partial charge in [0.15, 0.2) is 5.65 Å². The highest BCUT2D eigenvalue weighted by Gasteiger charge is 2.20. The van der Waals surface area contributed by atoms with Gasteiger partial charge in [0.25, 0.3) is 0 Å². The second-order valence-electron chi connectivity index (χ2n) is 8.80. The molecule has 5 heteroatoms. The molecule has 5 rings (SSSR count). The van der Waals surface area contributed by atoms with Crippen molar-refractivity contribution in [3.05, 3.63) is 47.8 Å². The van der Waals surface area contributed by atoms with Crippen molar-refractivity contribution in [3.8, 4) is 17.0 Å². The number of rotatable bonds is 6. The van der Waals surface area contributed by atoms with Crippen LogP contribution in [0.2, 0.25) is 0 Å². The summed E-state index contributed by atoms with van der Waals surface area (Å²) in [6, 6.07) is 11.3. The summed E-state index contributed by atoms with van der Waals surface area (Å²) in [7, 11) is 0. The first kappa shape index (κ1) is 19.6. The quantitative estimate of drug-likeness (QED) is 0.432. The summed E-state index contributed by atoms with van der Waals surface area (Å²) in [4.78, 5) is 7.48. The topological polar surface area (TPSA) is 42.7 Å². The lowest BCUT2D eigenvalue weighted by molar-refractivity contribution is 0.230. The molecule has 1 aromatic carbocycles. The molecule has 3 aromatic rings. The Morgan fingerprint density at radius 2 is 1.90 bits per heavy atom. The standard InChI is InChI=1S/C25H32N4O/c1-19-7-5-16-28(19)17-6-18-30-21-12-10-20(11-13-21)25-22-8-3-2-4-9-23(22)27-24-14-15-26-29(24)25/h10-15,19H,2-9,16-18H2,1H3. The highest BCUT2D eigenvalue weighted by Crippen LogP contribution is 2.31. The summed E-state index contributed by atoms with van der Waals surface area (Å²) in [6.45, 7) is 5.49. The summed E-state index contributed by atoms with van der Waals surface area (Å²) in [5.74, 6) is 0.949. The summed E-state index contributed by atoms with van der Waals surface area (Å²) in [6.07, 6.45) is 11.5. The van der Waals surface area contributed by atoms with Crippen LogP contribution in [0.3, 0.4) is 0 Å². The van der Waals surface area contributed by atoms with Gasteiger partial charge in [0.1, 0.15) is 5.75 Å². The van der Waals surface area contributed by atoms with Crippen molar-refractivity contribution in [2.75, 3.05) is 19.7 Å². The van der Waals surface area contributed by atoms with Gasteiger partial charge in [0.05, 0.1) is 18.5 Å². The maximum atomic E-state index is 6.04. The fourth-order valence-corrected chi connectivity index (χ4v) is 5.05. The fraction of sp³-hybridized carbons (Fsp3) is 0.520. The van der Waals surface area contributed by atoms with Crippen LogP contribution in [0.1, 0.15) is 56.7 Å². The molecule has 1 aliphatic heterocycles. The SMILES string of the molecule is CC1CCCN1CCCOc1ccc(-c2c3c(nc4ccnn24)CCCCC3)cc1. The molecule has 1 aliphatic carbocycles. The number of aryl methyl sites for hydroxylation is 1. The van der Waals surface area contributed by atoms with E-state index in [1.807, 2.05) is 16.8 Å². The monoisotopic (exact) mass is 404 g/mol. The molecule has 1 unspecified atom stereocenters. The Bertz CT molecular complexity index is 994. The minimum Gasteiger partial charge on any atom is -0.494 e. The third kappa shape index (κ3) is 3.95. The molecule has 1 saturated heterocycles. The van der Waals surface area contributed by atoms with Crippen molar-refractivity contribution in [1.29, 1.82) is 0 Å². The zero-order valence-electron chi connectivity index (χ0n) is 18.0. The van der Waals surface area contributed by atoms with Gasteiger partial charge in [-0.05, 0) is 82.7 Å². The first-order chi connectivity index (χ1) is 14.8. The van der Waals surface area contributed by atoms with Crippen LogP contribution in [0.25, 0.3) is 16.9 Å². The molecule has 2 aliphatic rings. The Balaban J connectivity index is 1.31. The third-order valence-corrected chi connectivity index (χ3v) is 6.74. The Morgan fingerprint density at radius 3 is 2.73 bits per heavy atom. The van der Waals surface area contributed by atoms with E-state index in [-0.39, 0.29) is 0 Å². The molecule has 0 amide bonds. The first-order valence-corrected chi connectivity index (χ1v) is 11.6. The summed E-state index contributed by atoms with van der Waals surface area (Å²) in [5, 5.41) is 4.58. The summed E-state index contributed by atoms with van der Waals surface area (Å²) in [5.41, 5.74) is 5.98. The number of hydrogen-bond donors (Lipinski definition) is 0.